The molecule has 0 aliphatic carbocycles. The van der Waals surface area contributed by atoms with Crippen LogP contribution in [-0.4, -0.2) is 42.1 Å². The number of aromatic nitrogens is 2. The second kappa shape index (κ2) is 5.77. The van der Waals surface area contributed by atoms with Crippen molar-refractivity contribution >= 4 is 11.6 Å². The topological polar surface area (TPSA) is 52.2 Å². The average Bonchev–Trinajstić information content (AvgIpc) is 2.84. The minimum atomic E-state index is -0.0204. The second-order valence-corrected chi connectivity index (χ2v) is 5.13. The Morgan fingerprint density at radius 2 is 1.85 bits per heavy atom. The zero-order valence-corrected chi connectivity index (χ0v) is 12.3. The summed E-state index contributed by atoms with van der Waals surface area (Å²) in [6.07, 6.45) is 1.57. The molecule has 1 aromatic carbocycles. The molecule has 5 nitrogen and oxygen atoms in total. The quantitative estimate of drug-likeness (QED) is 0.927. The van der Waals surface area contributed by atoms with Gasteiger partial charge in [0.2, 0.25) is 0 Å². The Balaban J connectivity index is 2.06. The lowest BCUT2D eigenvalue weighted by Gasteiger charge is -2.18. The van der Waals surface area contributed by atoms with Crippen LogP contribution in [0.5, 0.6) is 0 Å². The van der Waals surface area contributed by atoms with Crippen molar-refractivity contribution in [1.82, 2.24) is 15.1 Å². The van der Waals surface area contributed by atoms with Gasteiger partial charge >= 0.3 is 0 Å². The largest absolute Gasteiger partial charge is 0.378 e. The first-order chi connectivity index (χ1) is 9.49. The summed E-state index contributed by atoms with van der Waals surface area (Å²) in [6, 6.07) is 8.19. The summed E-state index contributed by atoms with van der Waals surface area (Å²) in [6.45, 7) is 2.43. The van der Waals surface area contributed by atoms with Crippen molar-refractivity contribution in [3.05, 3.63) is 47.3 Å². The molecule has 2 aromatic rings. The maximum atomic E-state index is 12.3. The number of rotatable bonds is 4. The number of hydrogen-bond donors (Lipinski definition) is 1. The molecule has 0 atom stereocenters. The number of hydrogen-bond acceptors (Lipinski definition) is 3. The van der Waals surface area contributed by atoms with Crippen molar-refractivity contribution in [2.75, 3.05) is 26.0 Å². The van der Waals surface area contributed by atoms with E-state index in [0.717, 1.165) is 16.9 Å². The first-order valence-corrected chi connectivity index (χ1v) is 6.50. The molecule has 106 valence electrons. The van der Waals surface area contributed by atoms with Crippen LogP contribution in [0.4, 0.5) is 5.69 Å². The normalized spacial score (nSPS) is 10.4. The highest BCUT2D eigenvalue weighted by Crippen LogP contribution is 2.14. The fraction of sp³-hybridized carbons (Fsp3) is 0.333. The smallest absolute Gasteiger partial charge is 0.257 e. The lowest BCUT2D eigenvalue weighted by Crippen LogP contribution is -2.26. The van der Waals surface area contributed by atoms with Gasteiger partial charge in [0.25, 0.3) is 5.91 Å². The van der Waals surface area contributed by atoms with E-state index in [2.05, 4.69) is 22.3 Å². The van der Waals surface area contributed by atoms with Gasteiger partial charge in [-0.2, -0.15) is 5.10 Å². The molecule has 2 rings (SSSR count). The Kier molecular flexibility index (Phi) is 4.08. The van der Waals surface area contributed by atoms with E-state index < -0.39 is 0 Å². The van der Waals surface area contributed by atoms with Crippen LogP contribution in [-0.2, 0) is 6.54 Å². The number of aryl methyl sites for hydroxylation is 1. The molecule has 0 unspecified atom stereocenters. The molecule has 1 amide bonds. The standard InChI is InChI=1S/C15H20N4O/c1-11-14(9-16-17-11)15(20)19(4)10-12-5-7-13(8-6-12)18(2)3/h5-9H,10H2,1-4H3,(H,16,17). The van der Waals surface area contributed by atoms with Crippen LogP contribution in [0.2, 0.25) is 0 Å². The van der Waals surface area contributed by atoms with E-state index in [9.17, 15) is 4.79 Å². The fourth-order valence-corrected chi connectivity index (χ4v) is 2.02. The predicted octanol–water partition coefficient (Wildman–Crippen LogP) is 2.06. The van der Waals surface area contributed by atoms with Gasteiger partial charge in [-0.15, -0.1) is 0 Å². The summed E-state index contributed by atoms with van der Waals surface area (Å²) in [5, 5.41) is 6.67. The molecule has 0 aliphatic rings. The first kappa shape index (κ1) is 14.1. The molecule has 0 fully saturated rings. The van der Waals surface area contributed by atoms with E-state index in [1.54, 1.807) is 18.1 Å². The van der Waals surface area contributed by atoms with Crippen molar-refractivity contribution in [1.29, 1.82) is 0 Å². The van der Waals surface area contributed by atoms with E-state index >= 15 is 0 Å². The molecule has 0 bridgehead atoms. The number of carbonyl (C=O) groups excluding carboxylic acids is 1. The van der Waals surface area contributed by atoms with Gasteiger partial charge in [0.05, 0.1) is 11.8 Å². The van der Waals surface area contributed by atoms with Crippen LogP contribution in [0.1, 0.15) is 21.6 Å². The average molecular weight is 272 g/mol. The molecule has 0 saturated carbocycles. The number of nitrogens with one attached hydrogen (secondary N) is 1. The Morgan fingerprint density at radius 1 is 1.20 bits per heavy atom. The number of carbonyl (C=O) groups is 1. The number of benzene rings is 1. The van der Waals surface area contributed by atoms with Gasteiger partial charge in [0.1, 0.15) is 0 Å². The van der Waals surface area contributed by atoms with Crippen LogP contribution in [0.25, 0.3) is 0 Å². The molecule has 0 aliphatic heterocycles. The predicted molar refractivity (Wildman–Crippen MR) is 79.9 cm³/mol. The minimum Gasteiger partial charge on any atom is -0.378 e. The van der Waals surface area contributed by atoms with Crippen molar-refractivity contribution in [3.63, 3.8) is 0 Å². The molecular weight excluding hydrogens is 252 g/mol. The summed E-state index contributed by atoms with van der Waals surface area (Å²) in [7, 11) is 5.81. The van der Waals surface area contributed by atoms with Crippen LogP contribution < -0.4 is 4.90 Å². The van der Waals surface area contributed by atoms with E-state index in [1.165, 1.54) is 0 Å². The zero-order chi connectivity index (χ0) is 14.7. The molecular formula is C15H20N4O. The number of H-pyrrole nitrogens is 1. The molecule has 1 heterocycles. The monoisotopic (exact) mass is 272 g/mol. The van der Waals surface area contributed by atoms with Gasteiger partial charge in [-0.05, 0) is 24.6 Å². The van der Waals surface area contributed by atoms with Crippen LogP contribution in [0, 0.1) is 6.92 Å². The van der Waals surface area contributed by atoms with Crippen molar-refractivity contribution in [2.24, 2.45) is 0 Å². The van der Waals surface area contributed by atoms with E-state index in [-0.39, 0.29) is 5.91 Å². The molecule has 20 heavy (non-hydrogen) atoms. The number of nitrogens with zero attached hydrogens (tertiary/aromatic N) is 3. The maximum absolute atomic E-state index is 12.3. The highest BCUT2D eigenvalue weighted by atomic mass is 16.2. The van der Waals surface area contributed by atoms with E-state index in [0.29, 0.717) is 12.1 Å². The number of aromatic amines is 1. The van der Waals surface area contributed by atoms with Crippen LogP contribution in [0.15, 0.2) is 30.5 Å². The summed E-state index contributed by atoms with van der Waals surface area (Å²) in [5.41, 5.74) is 3.67. The van der Waals surface area contributed by atoms with Gasteiger partial charge in [-0.25, -0.2) is 0 Å². The third-order valence-electron chi connectivity index (χ3n) is 3.28. The fourth-order valence-electron chi connectivity index (χ4n) is 2.02. The van der Waals surface area contributed by atoms with E-state index in [4.69, 9.17) is 0 Å². The zero-order valence-electron chi connectivity index (χ0n) is 12.3. The summed E-state index contributed by atoms with van der Waals surface area (Å²) in [4.78, 5) is 16.0. The molecule has 1 aromatic heterocycles. The van der Waals surface area contributed by atoms with Gasteiger partial charge in [-0.3, -0.25) is 9.89 Å². The lowest BCUT2D eigenvalue weighted by atomic mass is 10.1. The number of anilines is 1. The third kappa shape index (κ3) is 2.99. The Labute approximate surface area is 119 Å². The van der Waals surface area contributed by atoms with Crippen LogP contribution >= 0.6 is 0 Å². The number of amides is 1. The lowest BCUT2D eigenvalue weighted by molar-refractivity contribution is 0.0784. The van der Waals surface area contributed by atoms with Gasteiger partial charge < -0.3 is 9.80 Å². The second-order valence-electron chi connectivity index (χ2n) is 5.13. The molecule has 5 heteroatoms. The maximum Gasteiger partial charge on any atom is 0.257 e. The van der Waals surface area contributed by atoms with Crippen molar-refractivity contribution in [3.8, 4) is 0 Å². The van der Waals surface area contributed by atoms with E-state index in [1.807, 2.05) is 38.1 Å². The Hall–Kier alpha value is -2.30. The first-order valence-electron chi connectivity index (χ1n) is 6.50. The van der Waals surface area contributed by atoms with Crippen molar-refractivity contribution in [2.45, 2.75) is 13.5 Å². The minimum absolute atomic E-state index is 0.0204. The Morgan fingerprint density at radius 3 is 2.35 bits per heavy atom. The van der Waals surface area contributed by atoms with Gasteiger partial charge in [0, 0.05) is 39.1 Å². The Bertz CT molecular complexity index is 586. The third-order valence-corrected chi connectivity index (χ3v) is 3.28. The van der Waals surface area contributed by atoms with Gasteiger partial charge in [0.15, 0.2) is 0 Å². The van der Waals surface area contributed by atoms with Crippen molar-refractivity contribution < 1.29 is 4.79 Å². The summed E-state index contributed by atoms with van der Waals surface area (Å²) in [5.74, 6) is -0.0204. The van der Waals surface area contributed by atoms with Gasteiger partial charge in [-0.1, -0.05) is 12.1 Å². The molecule has 0 radical (unpaired) electrons. The highest BCUT2D eigenvalue weighted by molar-refractivity contribution is 5.94. The summed E-state index contributed by atoms with van der Waals surface area (Å²) >= 11 is 0. The van der Waals surface area contributed by atoms with Crippen LogP contribution in [0.3, 0.4) is 0 Å². The SMILES string of the molecule is Cc1[nH]ncc1C(=O)N(C)Cc1ccc(N(C)C)cc1. The highest BCUT2D eigenvalue weighted by Gasteiger charge is 2.15. The molecule has 1 N–H and O–H groups in total. The molecule has 0 spiro atoms. The summed E-state index contributed by atoms with van der Waals surface area (Å²) < 4.78 is 0. The molecule has 0 saturated heterocycles.